The highest BCUT2D eigenvalue weighted by atomic mass is 35.5. The maximum atomic E-state index is 11.3. The number of hydrogen-bond acceptors (Lipinski definition) is 3. The molecule has 0 saturated carbocycles. The molecule has 0 aliphatic carbocycles. The highest BCUT2D eigenvalue weighted by Crippen LogP contribution is 2.26. The summed E-state index contributed by atoms with van der Waals surface area (Å²) >= 11 is 5.83. The average molecular weight is 200 g/mol. The number of carbonyl (C=O) groups excluding carboxylic acids is 1. The highest BCUT2D eigenvalue weighted by molar-refractivity contribution is 6.34. The summed E-state index contributed by atoms with van der Waals surface area (Å²) in [6, 6.07) is 5.02. The molecule has 1 aromatic carbocycles. The molecule has 1 rings (SSSR count). The lowest BCUT2D eigenvalue weighted by molar-refractivity contribution is 0.0998. The van der Waals surface area contributed by atoms with E-state index >= 15 is 0 Å². The lowest BCUT2D eigenvalue weighted by Gasteiger charge is -2.07. The van der Waals surface area contributed by atoms with Crippen LogP contribution in [0.5, 0.6) is 5.75 Å². The first-order chi connectivity index (χ1) is 6.20. The van der Waals surface area contributed by atoms with Crippen molar-refractivity contribution in [3.63, 3.8) is 0 Å². The summed E-state index contributed by atoms with van der Waals surface area (Å²) in [4.78, 5) is 11.3. The Balaban J connectivity index is 3.22. The van der Waals surface area contributed by atoms with Gasteiger partial charge in [0.1, 0.15) is 5.75 Å². The first-order valence-electron chi connectivity index (χ1n) is 3.76. The molecule has 0 saturated heterocycles. The van der Waals surface area contributed by atoms with Crippen molar-refractivity contribution >= 4 is 17.4 Å². The number of carbonyl (C=O) groups is 1. The molecule has 13 heavy (non-hydrogen) atoms. The van der Waals surface area contributed by atoms with Crippen LogP contribution in [0.1, 0.15) is 10.4 Å². The first kappa shape index (κ1) is 10.0. The molecule has 4 heteroatoms. The van der Waals surface area contributed by atoms with Gasteiger partial charge in [0.2, 0.25) is 0 Å². The molecule has 0 unspecified atom stereocenters. The molecular formula is C9H10ClNO2. The van der Waals surface area contributed by atoms with Crippen molar-refractivity contribution in [2.75, 3.05) is 13.7 Å². The summed E-state index contributed by atoms with van der Waals surface area (Å²) < 4.78 is 4.99. The van der Waals surface area contributed by atoms with Crippen LogP contribution < -0.4 is 10.5 Å². The quantitative estimate of drug-likeness (QED) is 0.751. The van der Waals surface area contributed by atoms with Gasteiger partial charge in [-0.25, -0.2) is 0 Å². The zero-order valence-corrected chi connectivity index (χ0v) is 7.97. The molecule has 0 bridgehead atoms. The predicted octanol–water partition coefficient (Wildman–Crippen LogP) is 1.49. The molecule has 0 fully saturated rings. The molecule has 0 aromatic heterocycles. The Morgan fingerprint density at radius 3 is 2.85 bits per heavy atom. The standard InChI is InChI=1S/C9H10ClNO2/c1-13-8-4-2-3-6(10)9(8)7(12)5-11/h2-4H,5,11H2,1H3. The Labute approximate surface area is 81.4 Å². The topological polar surface area (TPSA) is 52.3 Å². The van der Waals surface area contributed by atoms with Crippen LogP contribution in [0.15, 0.2) is 18.2 Å². The second kappa shape index (κ2) is 4.25. The van der Waals surface area contributed by atoms with E-state index in [9.17, 15) is 4.79 Å². The van der Waals surface area contributed by atoms with E-state index < -0.39 is 0 Å². The Morgan fingerprint density at radius 2 is 2.31 bits per heavy atom. The number of hydrogen-bond donors (Lipinski definition) is 1. The minimum atomic E-state index is -0.220. The maximum absolute atomic E-state index is 11.3. The largest absolute Gasteiger partial charge is 0.496 e. The summed E-state index contributed by atoms with van der Waals surface area (Å²) in [5.41, 5.74) is 5.59. The van der Waals surface area contributed by atoms with Crippen molar-refractivity contribution in [3.05, 3.63) is 28.8 Å². The third-order valence-electron chi connectivity index (χ3n) is 1.66. The van der Waals surface area contributed by atoms with E-state index in [0.29, 0.717) is 16.3 Å². The molecule has 0 aliphatic rings. The van der Waals surface area contributed by atoms with Gasteiger partial charge in [0.15, 0.2) is 5.78 Å². The van der Waals surface area contributed by atoms with Crippen LogP contribution in [0.25, 0.3) is 0 Å². The van der Waals surface area contributed by atoms with E-state index in [0.717, 1.165) is 0 Å². The van der Waals surface area contributed by atoms with Gasteiger partial charge in [-0.15, -0.1) is 0 Å². The molecule has 0 radical (unpaired) electrons. The van der Waals surface area contributed by atoms with E-state index in [2.05, 4.69) is 0 Å². The van der Waals surface area contributed by atoms with Gasteiger partial charge in [0, 0.05) is 0 Å². The number of benzene rings is 1. The Hall–Kier alpha value is -1.06. The molecule has 1 aromatic rings. The minimum Gasteiger partial charge on any atom is -0.496 e. The second-order valence-electron chi connectivity index (χ2n) is 2.44. The van der Waals surface area contributed by atoms with Gasteiger partial charge in [-0.3, -0.25) is 4.79 Å². The van der Waals surface area contributed by atoms with Gasteiger partial charge >= 0.3 is 0 Å². The lowest BCUT2D eigenvalue weighted by atomic mass is 10.1. The van der Waals surface area contributed by atoms with E-state index in [1.165, 1.54) is 7.11 Å². The average Bonchev–Trinajstić information content (AvgIpc) is 2.16. The summed E-state index contributed by atoms with van der Waals surface area (Å²) in [5, 5.41) is 0.370. The van der Waals surface area contributed by atoms with E-state index in [1.54, 1.807) is 18.2 Å². The van der Waals surface area contributed by atoms with Gasteiger partial charge in [-0.2, -0.15) is 0 Å². The molecule has 0 spiro atoms. The van der Waals surface area contributed by atoms with Gasteiger partial charge in [-0.1, -0.05) is 17.7 Å². The minimum absolute atomic E-state index is 0.0694. The van der Waals surface area contributed by atoms with Crippen molar-refractivity contribution in [2.24, 2.45) is 5.73 Å². The van der Waals surface area contributed by atoms with Crippen molar-refractivity contribution < 1.29 is 9.53 Å². The SMILES string of the molecule is COc1cccc(Cl)c1C(=O)CN. The van der Waals surface area contributed by atoms with Gasteiger partial charge in [-0.05, 0) is 12.1 Å². The molecule has 3 nitrogen and oxygen atoms in total. The van der Waals surface area contributed by atoms with Crippen LogP contribution in [0.4, 0.5) is 0 Å². The second-order valence-corrected chi connectivity index (χ2v) is 2.85. The number of ketones is 1. The van der Waals surface area contributed by atoms with Crippen LogP contribution in [-0.2, 0) is 0 Å². The fraction of sp³-hybridized carbons (Fsp3) is 0.222. The molecule has 0 heterocycles. The van der Waals surface area contributed by atoms with Crippen LogP contribution in [0.2, 0.25) is 5.02 Å². The zero-order valence-electron chi connectivity index (χ0n) is 7.21. The van der Waals surface area contributed by atoms with Crippen LogP contribution in [0.3, 0.4) is 0 Å². The number of halogens is 1. The van der Waals surface area contributed by atoms with Crippen molar-refractivity contribution in [2.45, 2.75) is 0 Å². The van der Waals surface area contributed by atoms with Gasteiger partial charge in [0.25, 0.3) is 0 Å². The third-order valence-corrected chi connectivity index (χ3v) is 1.97. The molecular weight excluding hydrogens is 190 g/mol. The Bertz CT molecular complexity index is 325. The Kier molecular flexibility index (Phi) is 3.28. The molecule has 2 N–H and O–H groups in total. The Morgan fingerprint density at radius 1 is 1.62 bits per heavy atom. The highest BCUT2D eigenvalue weighted by Gasteiger charge is 2.13. The first-order valence-corrected chi connectivity index (χ1v) is 4.14. The van der Waals surface area contributed by atoms with Gasteiger partial charge in [0.05, 0.1) is 24.2 Å². The monoisotopic (exact) mass is 199 g/mol. The smallest absolute Gasteiger partial charge is 0.181 e. The lowest BCUT2D eigenvalue weighted by Crippen LogP contribution is -2.15. The molecule has 0 aliphatic heterocycles. The maximum Gasteiger partial charge on any atom is 0.181 e. The fourth-order valence-corrected chi connectivity index (χ4v) is 1.32. The van der Waals surface area contributed by atoms with E-state index in [1.807, 2.05) is 0 Å². The van der Waals surface area contributed by atoms with E-state index in [4.69, 9.17) is 22.1 Å². The van der Waals surface area contributed by atoms with Crippen LogP contribution in [0, 0.1) is 0 Å². The normalized spacial score (nSPS) is 9.77. The summed E-state index contributed by atoms with van der Waals surface area (Å²) in [5.74, 6) is 0.241. The number of methoxy groups -OCH3 is 1. The van der Waals surface area contributed by atoms with E-state index in [-0.39, 0.29) is 12.3 Å². The molecule has 0 amide bonds. The van der Waals surface area contributed by atoms with Gasteiger partial charge < -0.3 is 10.5 Å². The summed E-state index contributed by atoms with van der Waals surface area (Å²) in [7, 11) is 1.49. The zero-order chi connectivity index (χ0) is 9.84. The molecule has 0 atom stereocenters. The van der Waals surface area contributed by atoms with Crippen molar-refractivity contribution in [1.29, 1.82) is 0 Å². The number of nitrogens with two attached hydrogens (primary N) is 1. The van der Waals surface area contributed by atoms with Crippen LogP contribution in [-0.4, -0.2) is 19.4 Å². The molecule has 70 valence electrons. The number of Topliss-reactive ketones (excluding diaryl/α,β-unsaturated/α-hetero) is 1. The summed E-state index contributed by atoms with van der Waals surface area (Å²) in [6.07, 6.45) is 0. The van der Waals surface area contributed by atoms with Crippen molar-refractivity contribution in [1.82, 2.24) is 0 Å². The number of rotatable bonds is 3. The third kappa shape index (κ3) is 1.99. The fourth-order valence-electron chi connectivity index (χ4n) is 1.05. The number of ether oxygens (including phenoxy) is 1. The van der Waals surface area contributed by atoms with Crippen molar-refractivity contribution in [3.8, 4) is 5.75 Å². The van der Waals surface area contributed by atoms with Crippen LogP contribution >= 0.6 is 11.6 Å². The summed E-state index contributed by atoms with van der Waals surface area (Å²) in [6.45, 7) is -0.0694. The predicted molar refractivity (Wildman–Crippen MR) is 51.4 cm³/mol.